The summed E-state index contributed by atoms with van der Waals surface area (Å²) in [6.07, 6.45) is 2.80. The van der Waals surface area contributed by atoms with Gasteiger partial charge in [-0.2, -0.15) is 0 Å². The van der Waals surface area contributed by atoms with Gasteiger partial charge >= 0.3 is 0 Å². The van der Waals surface area contributed by atoms with Crippen LogP contribution in [0, 0.1) is 4.77 Å². The number of aromatic amines is 1. The predicted molar refractivity (Wildman–Crippen MR) is 68.3 cm³/mol. The molecule has 0 spiro atoms. The van der Waals surface area contributed by atoms with Gasteiger partial charge in [0.15, 0.2) is 4.77 Å². The van der Waals surface area contributed by atoms with Gasteiger partial charge in [0.05, 0.1) is 0 Å². The molecule has 0 amide bonds. The standard InChI is InChI=1S/C11H19N3OS/c1-3-13(4-2)7-5-8-14-9-6-10(15)12-11(14)16/h6,9H,3-5,7-8H2,1-2H3,(H,12,15,16). The topological polar surface area (TPSA) is 41.0 Å². The van der Waals surface area contributed by atoms with Gasteiger partial charge < -0.3 is 9.47 Å². The van der Waals surface area contributed by atoms with E-state index < -0.39 is 0 Å². The Bertz CT molecular complexity index is 420. The Morgan fingerprint density at radius 3 is 2.69 bits per heavy atom. The summed E-state index contributed by atoms with van der Waals surface area (Å²) in [7, 11) is 0. The van der Waals surface area contributed by atoms with Crippen LogP contribution in [0.3, 0.4) is 0 Å². The number of nitrogens with one attached hydrogen (secondary N) is 1. The van der Waals surface area contributed by atoms with Gasteiger partial charge in [-0.3, -0.25) is 9.78 Å². The van der Waals surface area contributed by atoms with Crippen molar-refractivity contribution in [2.24, 2.45) is 0 Å². The molecular formula is C11H19N3OS. The molecule has 0 atom stereocenters. The molecule has 0 aromatic carbocycles. The summed E-state index contributed by atoms with van der Waals surface area (Å²) in [6, 6.07) is 1.51. The lowest BCUT2D eigenvalue weighted by Crippen LogP contribution is -2.25. The Labute approximate surface area is 101 Å². The minimum Gasteiger partial charge on any atom is -0.325 e. The maximum Gasteiger partial charge on any atom is 0.251 e. The molecule has 0 aliphatic heterocycles. The average molecular weight is 241 g/mol. The quantitative estimate of drug-likeness (QED) is 0.770. The molecular weight excluding hydrogens is 222 g/mol. The molecule has 0 radical (unpaired) electrons. The second kappa shape index (κ2) is 6.60. The molecule has 0 bridgehead atoms. The number of aromatic nitrogens is 2. The number of aryl methyl sites for hydroxylation is 1. The Balaban J connectivity index is 2.49. The van der Waals surface area contributed by atoms with Crippen molar-refractivity contribution in [3.05, 3.63) is 27.4 Å². The van der Waals surface area contributed by atoms with E-state index in [1.54, 1.807) is 6.20 Å². The molecule has 1 N–H and O–H groups in total. The fraction of sp³-hybridized carbons (Fsp3) is 0.636. The number of hydrogen-bond donors (Lipinski definition) is 1. The molecule has 1 heterocycles. The van der Waals surface area contributed by atoms with Crippen molar-refractivity contribution in [3.8, 4) is 0 Å². The first-order valence-corrected chi connectivity index (χ1v) is 6.10. The van der Waals surface area contributed by atoms with E-state index in [2.05, 4.69) is 23.7 Å². The fourth-order valence-corrected chi connectivity index (χ4v) is 1.88. The monoisotopic (exact) mass is 241 g/mol. The minimum atomic E-state index is -0.134. The molecule has 0 aliphatic carbocycles. The van der Waals surface area contributed by atoms with Gasteiger partial charge in [0.1, 0.15) is 0 Å². The zero-order chi connectivity index (χ0) is 12.0. The molecule has 0 unspecified atom stereocenters. The van der Waals surface area contributed by atoms with Crippen molar-refractivity contribution >= 4 is 12.2 Å². The second-order valence-corrected chi connectivity index (χ2v) is 4.07. The van der Waals surface area contributed by atoms with Crippen molar-refractivity contribution < 1.29 is 0 Å². The van der Waals surface area contributed by atoms with Crippen LogP contribution in [0.4, 0.5) is 0 Å². The van der Waals surface area contributed by atoms with Gasteiger partial charge in [-0.25, -0.2) is 0 Å². The predicted octanol–water partition coefficient (Wildman–Crippen LogP) is 1.64. The summed E-state index contributed by atoms with van der Waals surface area (Å²) in [4.78, 5) is 16.0. The summed E-state index contributed by atoms with van der Waals surface area (Å²) in [5.41, 5.74) is -0.134. The van der Waals surface area contributed by atoms with Gasteiger partial charge in [0, 0.05) is 18.8 Å². The second-order valence-electron chi connectivity index (χ2n) is 3.68. The normalized spacial score (nSPS) is 10.9. The lowest BCUT2D eigenvalue weighted by molar-refractivity contribution is 0.292. The van der Waals surface area contributed by atoms with Crippen LogP contribution < -0.4 is 5.56 Å². The van der Waals surface area contributed by atoms with Crippen LogP contribution in [0.15, 0.2) is 17.1 Å². The molecule has 0 saturated heterocycles. The van der Waals surface area contributed by atoms with Crippen LogP contribution in [0.1, 0.15) is 20.3 Å². The van der Waals surface area contributed by atoms with E-state index in [1.807, 2.05) is 4.57 Å². The molecule has 90 valence electrons. The first kappa shape index (κ1) is 13.1. The molecule has 0 aliphatic rings. The van der Waals surface area contributed by atoms with Crippen molar-refractivity contribution in [1.82, 2.24) is 14.5 Å². The summed E-state index contributed by atoms with van der Waals surface area (Å²) in [5, 5.41) is 0. The Morgan fingerprint density at radius 2 is 2.12 bits per heavy atom. The Morgan fingerprint density at radius 1 is 1.44 bits per heavy atom. The number of H-pyrrole nitrogens is 1. The molecule has 1 rings (SSSR count). The lowest BCUT2D eigenvalue weighted by Gasteiger charge is -2.17. The zero-order valence-corrected chi connectivity index (χ0v) is 10.7. The third kappa shape index (κ3) is 3.90. The number of nitrogens with zero attached hydrogens (tertiary/aromatic N) is 2. The maximum atomic E-state index is 11.0. The highest BCUT2D eigenvalue weighted by Gasteiger charge is 1.99. The van der Waals surface area contributed by atoms with Crippen molar-refractivity contribution in [1.29, 1.82) is 0 Å². The van der Waals surface area contributed by atoms with Crippen LogP contribution >= 0.6 is 12.2 Å². The van der Waals surface area contributed by atoms with Crippen LogP contribution in [-0.2, 0) is 6.54 Å². The molecule has 1 aromatic rings. The van der Waals surface area contributed by atoms with Gasteiger partial charge in [-0.1, -0.05) is 13.8 Å². The highest BCUT2D eigenvalue weighted by molar-refractivity contribution is 7.71. The first-order valence-electron chi connectivity index (χ1n) is 5.69. The van der Waals surface area contributed by atoms with E-state index in [4.69, 9.17) is 12.2 Å². The van der Waals surface area contributed by atoms with E-state index >= 15 is 0 Å². The van der Waals surface area contributed by atoms with E-state index in [0.29, 0.717) is 4.77 Å². The number of hydrogen-bond acceptors (Lipinski definition) is 3. The van der Waals surface area contributed by atoms with E-state index in [9.17, 15) is 4.79 Å². The summed E-state index contributed by atoms with van der Waals surface area (Å²) in [5.74, 6) is 0. The van der Waals surface area contributed by atoms with Crippen molar-refractivity contribution in [2.45, 2.75) is 26.8 Å². The summed E-state index contributed by atoms with van der Waals surface area (Å²) in [6.45, 7) is 8.39. The molecule has 4 nitrogen and oxygen atoms in total. The van der Waals surface area contributed by atoms with Gasteiger partial charge in [0.25, 0.3) is 5.56 Å². The van der Waals surface area contributed by atoms with E-state index in [1.165, 1.54) is 6.07 Å². The van der Waals surface area contributed by atoms with Crippen LogP contribution in [-0.4, -0.2) is 34.1 Å². The maximum absolute atomic E-state index is 11.0. The molecule has 5 heteroatoms. The zero-order valence-electron chi connectivity index (χ0n) is 9.90. The van der Waals surface area contributed by atoms with Gasteiger partial charge in [-0.15, -0.1) is 0 Å². The van der Waals surface area contributed by atoms with Crippen molar-refractivity contribution in [3.63, 3.8) is 0 Å². The Hall–Kier alpha value is -0.940. The highest BCUT2D eigenvalue weighted by atomic mass is 32.1. The summed E-state index contributed by atoms with van der Waals surface area (Å²) >= 11 is 5.07. The van der Waals surface area contributed by atoms with Crippen molar-refractivity contribution in [2.75, 3.05) is 19.6 Å². The Kier molecular flexibility index (Phi) is 5.42. The third-order valence-corrected chi connectivity index (χ3v) is 3.00. The van der Waals surface area contributed by atoms with Gasteiger partial charge in [-0.05, 0) is 38.3 Å². The lowest BCUT2D eigenvalue weighted by atomic mass is 10.3. The highest BCUT2D eigenvalue weighted by Crippen LogP contribution is 1.95. The van der Waals surface area contributed by atoms with E-state index in [-0.39, 0.29) is 5.56 Å². The largest absolute Gasteiger partial charge is 0.325 e. The molecule has 0 fully saturated rings. The van der Waals surface area contributed by atoms with Crippen LogP contribution in [0.5, 0.6) is 0 Å². The molecule has 0 saturated carbocycles. The fourth-order valence-electron chi connectivity index (χ4n) is 1.62. The van der Waals surface area contributed by atoms with Crippen LogP contribution in [0.25, 0.3) is 0 Å². The minimum absolute atomic E-state index is 0.134. The van der Waals surface area contributed by atoms with E-state index in [0.717, 1.165) is 32.6 Å². The van der Waals surface area contributed by atoms with Crippen LogP contribution in [0.2, 0.25) is 0 Å². The summed E-state index contributed by atoms with van der Waals surface area (Å²) < 4.78 is 2.41. The molecule has 1 aromatic heterocycles. The average Bonchev–Trinajstić information content (AvgIpc) is 2.27. The third-order valence-electron chi connectivity index (χ3n) is 2.66. The first-order chi connectivity index (χ1) is 7.67. The SMILES string of the molecule is CCN(CC)CCCn1ccc(=O)[nH]c1=S. The molecule has 16 heavy (non-hydrogen) atoms. The van der Waals surface area contributed by atoms with Gasteiger partial charge in [0.2, 0.25) is 0 Å². The smallest absolute Gasteiger partial charge is 0.251 e. The number of rotatable bonds is 6.